The molecule has 0 saturated carbocycles. The van der Waals surface area contributed by atoms with Crippen molar-refractivity contribution in [2.45, 2.75) is 25.9 Å². The molecule has 6 heteroatoms. The van der Waals surface area contributed by atoms with Crippen LogP contribution in [0.4, 0.5) is 0 Å². The highest BCUT2D eigenvalue weighted by molar-refractivity contribution is 7.09. The molecule has 0 aromatic carbocycles. The number of hydrogen-bond donors (Lipinski definition) is 2. The Kier molecular flexibility index (Phi) is 4.94. The summed E-state index contributed by atoms with van der Waals surface area (Å²) in [6.07, 6.45) is 2.43. The number of hydrazine groups is 1. The van der Waals surface area contributed by atoms with E-state index in [0.29, 0.717) is 18.2 Å². The first-order valence-electron chi connectivity index (χ1n) is 6.41. The summed E-state index contributed by atoms with van der Waals surface area (Å²) in [6, 6.07) is 6.32. The molecule has 2 aromatic heterocycles. The molecule has 0 bridgehead atoms. The minimum Gasteiger partial charge on any atom is -0.467 e. The van der Waals surface area contributed by atoms with Gasteiger partial charge in [0.15, 0.2) is 0 Å². The van der Waals surface area contributed by atoms with Gasteiger partial charge in [-0.2, -0.15) is 0 Å². The molecule has 3 N–H and O–H groups in total. The van der Waals surface area contributed by atoms with E-state index in [9.17, 15) is 4.79 Å². The molecule has 1 unspecified atom stereocenters. The lowest BCUT2D eigenvalue weighted by Gasteiger charge is -2.23. The summed E-state index contributed by atoms with van der Waals surface area (Å²) in [7, 11) is 2.05. The van der Waals surface area contributed by atoms with Crippen molar-refractivity contribution in [3.8, 4) is 0 Å². The molecule has 20 heavy (non-hydrogen) atoms. The van der Waals surface area contributed by atoms with Crippen LogP contribution in [0.3, 0.4) is 0 Å². The van der Waals surface area contributed by atoms with Gasteiger partial charge in [-0.1, -0.05) is 6.07 Å². The van der Waals surface area contributed by atoms with E-state index in [1.54, 1.807) is 17.4 Å². The van der Waals surface area contributed by atoms with Crippen LogP contribution in [0.15, 0.2) is 34.3 Å². The van der Waals surface area contributed by atoms with Crippen LogP contribution in [0.5, 0.6) is 0 Å². The summed E-state index contributed by atoms with van der Waals surface area (Å²) in [5.74, 6) is 5.50. The molecular weight excluding hydrogens is 274 g/mol. The summed E-state index contributed by atoms with van der Waals surface area (Å²) in [6.45, 7) is 2.83. The number of nitrogen functional groups attached to an aromatic ring is 1. The largest absolute Gasteiger partial charge is 0.467 e. The number of carbonyl (C=O) groups is 1. The van der Waals surface area contributed by atoms with Gasteiger partial charge in [-0.15, -0.1) is 11.3 Å². The summed E-state index contributed by atoms with van der Waals surface area (Å²) < 4.78 is 5.39. The fraction of sp³-hybridized carbons (Fsp3) is 0.357. The van der Waals surface area contributed by atoms with Crippen molar-refractivity contribution >= 4 is 17.2 Å². The average Bonchev–Trinajstić information content (AvgIpc) is 3.09. The molecule has 2 aromatic rings. The van der Waals surface area contributed by atoms with Crippen molar-refractivity contribution < 1.29 is 9.21 Å². The Morgan fingerprint density at radius 1 is 1.60 bits per heavy atom. The van der Waals surface area contributed by atoms with Crippen molar-refractivity contribution in [2.24, 2.45) is 5.84 Å². The van der Waals surface area contributed by atoms with Gasteiger partial charge in [0.1, 0.15) is 12.0 Å². The van der Waals surface area contributed by atoms with Crippen molar-refractivity contribution in [1.82, 2.24) is 10.3 Å². The van der Waals surface area contributed by atoms with Gasteiger partial charge in [0.2, 0.25) is 0 Å². The molecule has 0 fully saturated rings. The Bertz CT molecular complexity index is 551. The van der Waals surface area contributed by atoms with E-state index in [0.717, 1.165) is 12.2 Å². The third kappa shape index (κ3) is 3.69. The topological polar surface area (TPSA) is 71.5 Å². The molecule has 0 aliphatic rings. The lowest BCUT2D eigenvalue weighted by atomic mass is 10.2. The van der Waals surface area contributed by atoms with E-state index in [4.69, 9.17) is 10.3 Å². The van der Waals surface area contributed by atoms with Crippen LogP contribution < -0.4 is 11.3 Å². The van der Waals surface area contributed by atoms with Crippen LogP contribution in [-0.4, -0.2) is 23.9 Å². The monoisotopic (exact) mass is 293 g/mol. The molecule has 0 saturated heterocycles. The summed E-state index contributed by atoms with van der Waals surface area (Å²) >= 11 is 1.77. The van der Waals surface area contributed by atoms with Crippen molar-refractivity contribution in [3.63, 3.8) is 0 Å². The zero-order valence-electron chi connectivity index (χ0n) is 11.6. The first-order chi connectivity index (χ1) is 9.60. The highest BCUT2D eigenvalue weighted by Gasteiger charge is 2.14. The number of amides is 1. The van der Waals surface area contributed by atoms with E-state index in [2.05, 4.69) is 34.8 Å². The lowest BCUT2D eigenvalue weighted by Crippen LogP contribution is -2.30. The Morgan fingerprint density at radius 2 is 2.40 bits per heavy atom. The van der Waals surface area contributed by atoms with Gasteiger partial charge in [0.25, 0.3) is 5.91 Å². The molecule has 108 valence electrons. The highest BCUT2D eigenvalue weighted by Crippen LogP contribution is 2.16. The first-order valence-corrected chi connectivity index (χ1v) is 7.29. The Labute approximate surface area is 122 Å². The lowest BCUT2D eigenvalue weighted by molar-refractivity contribution is 0.0953. The van der Waals surface area contributed by atoms with Gasteiger partial charge in [-0.3, -0.25) is 15.1 Å². The number of rotatable bonds is 6. The van der Waals surface area contributed by atoms with Crippen molar-refractivity contribution in [2.75, 3.05) is 7.05 Å². The Hall–Kier alpha value is -1.63. The molecule has 0 aliphatic heterocycles. The molecule has 0 spiro atoms. The van der Waals surface area contributed by atoms with Crippen LogP contribution >= 0.6 is 11.3 Å². The second-order valence-corrected chi connectivity index (χ2v) is 5.86. The number of furan rings is 1. The van der Waals surface area contributed by atoms with E-state index < -0.39 is 0 Å². The number of hydrogen-bond acceptors (Lipinski definition) is 5. The van der Waals surface area contributed by atoms with Gasteiger partial charge in [-0.05, 0) is 37.9 Å². The van der Waals surface area contributed by atoms with Gasteiger partial charge in [-0.25, -0.2) is 5.84 Å². The number of nitrogens with zero attached hydrogens (tertiary/aromatic N) is 1. The SMILES string of the molecule is CC(Cc1cccs1)N(C)Cc1cc(C(=O)NN)co1. The van der Waals surface area contributed by atoms with Crippen LogP contribution in [0.1, 0.15) is 27.9 Å². The van der Waals surface area contributed by atoms with E-state index >= 15 is 0 Å². The van der Waals surface area contributed by atoms with E-state index in [1.165, 1.54) is 11.1 Å². The molecule has 2 heterocycles. The number of likely N-dealkylation sites (N-methyl/N-ethyl adjacent to an activating group) is 1. The molecular formula is C14H19N3O2S. The zero-order chi connectivity index (χ0) is 14.5. The maximum Gasteiger partial charge on any atom is 0.268 e. The van der Waals surface area contributed by atoms with Crippen LogP contribution in [-0.2, 0) is 13.0 Å². The molecule has 5 nitrogen and oxygen atoms in total. The Balaban J connectivity index is 1.91. The molecule has 2 rings (SSSR count). The minimum atomic E-state index is -0.339. The van der Waals surface area contributed by atoms with E-state index in [1.807, 2.05) is 7.05 Å². The maximum absolute atomic E-state index is 11.3. The maximum atomic E-state index is 11.3. The van der Waals surface area contributed by atoms with Crippen LogP contribution in [0, 0.1) is 0 Å². The number of carbonyl (C=O) groups excluding carboxylic acids is 1. The summed E-state index contributed by atoms with van der Waals surface area (Å²) in [5, 5.41) is 2.09. The van der Waals surface area contributed by atoms with Crippen LogP contribution in [0.25, 0.3) is 0 Å². The molecule has 1 amide bonds. The zero-order valence-corrected chi connectivity index (χ0v) is 12.4. The van der Waals surface area contributed by atoms with Crippen molar-refractivity contribution in [3.05, 3.63) is 46.0 Å². The smallest absolute Gasteiger partial charge is 0.268 e. The number of thiophene rings is 1. The molecule has 0 radical (unpaired) electrons. The number of nitrogens with one attached hydrogen (secondary N) is 1. The fourth-order valence-electron chi connectivity index (χ4n) is 1.94. The molecule has 0 aliphatic carbocycles. The second-order valence-electron chi connectivity index (χ2n) is 4.82. The van der Waals surface area contributed by atoms with Crippen molar-refractivity contribution in [1.29, 1.82) is 0 Å². The van der Waals surface area contributed by atoms with E-state index in [-0.39, 0.29) is 5.91 Å². The van der Waals surface area contributed by atoms with Gasteiger partial charge in [0.05, 0.1) is 12.1 Å². The summed E-state index contributed by atoms with van der Waals surface area (Å²) in [5.41, 5.74) is 2.54. The second kappa shape index (κ2) is 6.69. The van der Waals surface area contributed by atoms with Crippen LogP contribution in [0.2, 0.25) is 0 Å². The van der Waals surface area contributed by atoms with Gasteiger partial charge in [0, 0.05) is 10.9 Å². The molecule has 1 atom stereocenters. The normalized spacial score (nSPS) is 12.6. The van der Waals surface area contributed by atoms with Gasteiger partial charge >= 0.3 is 0 Å². The average molecular weight is 293 g/mol. The number of nitrogens with two attached hydrogens (primary N) is 1. The minimum absolute atomic E-state index is 0.339. The predicted octanol–water partition coefficient (Wildman–Crippen LogP) is 2.01. The quantitative estimate of drug-likeness (QED) is 0.485. The fourth-order valence-corrected chi connectivity index (χ4v) is 2.77. The third-order valence-corrected chi connectivity index (χ3v) is 4.18. The summed E-state index contributed by atoms with van der Waals surface area (Å²) in [4.78, 5) is 14.9. The van der Waals surface area contributed by atoms with Gasteiger partial charge < -0.3 is 4.42 Å². The third-order valence-electron chi connectivity index (χ3n) is 3.28. The predicted molar refractivity (Wildman–Crippen MR) is 79.3 cm³/mol. The highest BCUT2D eigenvalue weighted by atomic mass is 32.1. The Morgan fingerprint density at radius 3 is 3.05 bits per heavy atom. The standard InChI is InChI=1S/C14H19N3O2S/c1-10(6-13-4-3-5-20-13)17(2)8-12-7-11(9-19-12)14(18)16-15/h3-5,7,9-10H,6,8,15H2,1-2H3,(H,16,18). The first kappa shape index (κ1) is 14.8.